The maximum absolute atomic E-state index is 11.0. The average Bonchev–Trinajstić information content (AvgIpc) is 2.64. The Morgan fingerprint density at radius 3 is 2.91 bits per heavy atom. The molecule has 0 heterocycles. The Bertz CT molecular complexity index is 192. The van der Waals surface area contributed by atoms with Gasteiger partial charge in [-0.3, -0.25) is 4.79 Å². The van der Waals surface area contributed by atoms with Crippen molar-refractivity contribution in [3.8, 4) is 0 Å². The van der Waals surface area contributed by atoms with E-state index in [1.165, 1.54) is 0 Å². The van der Waals surface area contributed by atoms with Crippen LogP contribution in [0.4, 0.5) is 0 Å². The van der Waals surface area contributed by atoms with Gasteiger partial charge in [-0.15, -0.1) is 11.6 Å². The number of esters is 1. The van der Waals surface area contributed by atoms with Gasteiger partial charge in [0, 0.05) is 5.92 Å². The first kappa shape index (κ1) is 8.53. The molecule has 0 spiro atoms. The van der Waals surface area contributed by atoms with Crippen molar-refractivity contribution in [1.29, 1.82) is 0 Å². The van der Waals surface area contributed by atoms with E-state index in [2.05, 4.69) is 4.74 Å². The smallest absolute Gasteiger partial charge is 0.327 e. The summed E-state index contributed by atoms with van der Waals surface area (Å²) in [5.41, 5.74) is 0. The highest BCUT2D eigenvalue weighted by Gasteiger charge is 2.60. The van der Waals surface area contributed by atoms with Gasteiger partial charge in [-0.2, -0.15) is 0 Å². The van der Waals surface area contributed by atoms with Crippen LogP contribution in [0.5, 0.6) is 0 Å². The van der Waals surface area contributed by atoms with Crippen LogP contribution in [0.15, 0.2) is 0 Å². The second-order valence-electron chi connectivity index (χ2n) is 2.53. The van der Waals surface area contributed by atoms with Crippen LogP contribution in [-0.4, -0.2) is 23.7 Å². The Morgan fingerprint density at radius 2 is 2.55 bits per heavy atom. The monoisotopic (exact) mass is 176 g/mol. The second kappa shape index (κ2) is 2.81. The Morgan fingerprint density at radius 1 is 1.91 bits per heavy atom. The van der Waals surface area contributed by atoms with Crippen LogP contribution in [0, 0.1) is 5.92 Å². The van der Waals surface area contributed by atoms with Crippen molar-refractivity contribution in [2.45, 2.75) is 18.2 Å². The lowest BCUT2D eigenvalue weighted by atomic mass is 10.3. The summed E-state index contributed by atoms with van der Waals surface area (Å²) in [6.45, 7) is 2.01. The summed E-state index contributed by atoms with van der Waals surface area (Å²) in [6.07, 6.45) is 1.11. The van der Waals surface area contributed by atoms with Crippen LogP contribution in [0.3, 0.4) is 0 Å². The number of rotatable bonds is 3. The summed E-state index contributed by atoms with van der Waals surface area (Å²) < 4.78 is 4.67. The third-order valence-corrected chi connectivity index (χ3v) is 2.31. The summed E-state index contributed by atoms with van der Waals surface area (Å²) in [5.74, 6) is -0.818. The first-order valence-corrected chi connectivity index (χ1v) is 3.84. The third-order valence-electron chi connectivity index (χ3n) is 1.72. The molecule has 0 aromatic heterocycles. The van der Waals surface area contributed by atoms with Gasteiger partial charge in [0.1, 0.15) is 6.29 Å². The molecule has 0 N–H and O–H groups in total. The molecular formula is C7H9ClO3. The lowest BCUT2D eigenvalue weighted by Crippen LogP contribution is -2.21. The fraction of sp³-hybridized carbons (Fsp3) is 0.714. The van der Waals surface area contributed by atoms with Gasteiger partial charge in [0.25, 0.3) is 0 Å². The normalized spacial score (nSPS) is 34.5. The first-order chi connectivity index (χ1) is 5.15. The lowest BCUT2D eigenvalue weighted by molar-refractivity contribution is -0.144. The van der Waals surface area contributed by atoms with Gasteiger partial charge in [0.05, 0.1) is 6.61 Å². The minimum absolute atomic E-state index is 0.304. The van der Waals surface area contributed by atoms with Crippen molar-refractivity contribution in [1.82, 2.24) is 0 Å². The molecule has 1 aliphatic rings. The van der Waals surface area contributed by atoms with Gasteiger partial charge in [0.2, 0.25) is 0 Å². The molecule has 0 aromatic carbocycles. The molecule has 2 atom stereocenters. The summed E-state index contributed by atoms with van der Waals surface area (Å²) >= 11 is 5.73. The number of alkyl halides is 1. The van der Waals surface area contributed by atoms with Crippen molar-refractivity contribution in [3.05, 3.63) is 0 Å². The zero-order valence-corrected chi connectivity index (χ0v) is 6.93. The van der Waals surface area contributed by atoms with E-state index in [0.717, 1.165) is 0 Å². The highest BCUT2D eigenvalue weighted by Crippen LogP contribution is 2.49. The fourth-order valence-electron chi connectivity index (χ4n) is 0.903. The molecule has 1 saturated carbocycles. The van der Waals surface area contributed by atoms with Crippen molar-refractivity contribution in [2.75, 3.05) is 6.61 Å². The van der Waals surface area contributed by atoms with Gasteiger partial charge in [-0.25, -0.2) is 0 Å². The van der Waals surface area contributed by atoms with Crippen LogP contribution in [0.25, 0.3) is 0 Å². The Kier molecular flexibility index (Phi) is 2.18. The number of aldehydes is 1. The number of hydrogen-bond acceptors (Lipinski definition) is 3. The standard InChI is InChI=1S/C7H9ClO3/c1-2-11-6(10)7(8)3-5(7)4-9/h4-5H,2-3H2,1H3/t5?,7-/m0/s1. The molecule has 1 aliphatic carbocycles. The van der Waals surface area contributed by atoms with Gasteiger partial charge < -0.3 is 9.53 Å². The summed E-state index contributed by atoms with van der Waals surface area (Å²) in [6, 6.07) is 0. The summed E-state index contributed by atoms with van der Waals surface area (Å²) in [4.78, 5) is 20.2. The molecule has 0 saturated heterocycles. The molecule has 4 heteroatoms. The largest absolute Gasteiger partial charge is 0.465 e. The third kappa shape index (κ3) is 1.38. The van der Waals surface area contributed by atoms with Crippen molar-refractivity contribution in [3.63, 3.8) is 0 Å². The zero-order chi connectivity index (χ0) is 8.48. The maximum atomic E-state index is 11.0. The minimum Gasteiger partial charge on any atom is -0.465 e. The minimum atomic E-state index is -1.03. The van der Waals surface area contributed by atoms with Crippen molar-refractivity contribution in [2.24, 2.45) is 5.92 Å². The van der Waals surface area contributed by atoms with Gasteiger partial charge >= 0.3 is 5.97 Å². The molecular weight excluding hydrogens is 168 g/mol. The quantitative estimate of drug-likeness (QED) is 0.362. The lowest BCUT2D eigenvalue weighted by Gasteiger charge is -2.04. The number of carbonyl (C=O) groups excluding carboxylic acids is 2. The molecule has 1 fully saturated rings. The van der Waals surface area contributed by atoms with E-state index in [1.807, 2.05) is 0 Å². The Labute approximate surface area is 69.7 Å². The first-order valence-electron chi connectivity index (χ1n) is 3.46. The van der Waals surface area contributed by atoms with Crippen LogP contribution < -0.4 is 0 Å². The van der Waals surface area contributed by atoms with E-state index in [1.54, 1.807) is 6.92 Å². The molecule has 1 rings (SSSR count). The van der Waals surface area contributed by atoms with Gasteiger partial charge in [-0.1, -0.05) is 0 Å². The van der Waals surface area contributed by atoms with Gasteiger partial charge in [0.15, 0.2) is 4.87 Å². The van der Waals surface area contributed by atoms with Crippen LogP contribution in [0.1, 0.15) is 13.3 Å². The SMILES string of the molecule is CCOC(=O)[C@]1(Cl)CC1C=O. The summed E-state index contributed by atoms with van der Waals surface area (Å²) in [7, 11) is 0. The molecule has 0 aromatic rings. The number of hydrogen-bond donors (Lipinski definition) is 0. The Balaban J connectivity index is 2.49. The number of ether oxygens (including phenoxy) is 1. The van der Waals surface area contributed by atoms with E-state index >= 15 is 0 Å². The van der Waals surface area contributed by atoms with E-state index < -0.39 is 10.8 Å². The molecule has 0 aliphatic heterocycles. The Hall–Kier alpha value is -0.570. The fourth-order valence-corrected chi connectivity index (χ4v) is 1.18. The highest BCUT2D eigenvalue weighted by molar-refractivity contribution is 6.38. The molecule has 0 bridgehead atoms. The predicted octanol–water partition coefficient (Wildman–Crippen LogP) is 0.746. The molecule has 0 amide bonds. The average molecular weight is 177 g/mol. The molecule has 11 heavy (non-hydrogen) atoms. The van der Waals surface area contributed by atoms with Crippen molar-refractivity contribution < 1.29 is 14.3 Å². The van der Waals surface area contributed by atoms with Gasteiger partial charge in [-0.05, 0) is 13.3 Å². The molecule has 62 valence electrons. The highest BCUT2D eigenvalue weighted by atomic mass is 35.5. The topological polar surface area (TPSA) is 43.4 Å². The van der Waals surface area contributed by atoms with Crippen LogP contribution in [0.2, 0.25) is 0 Å². The molecule has 3 nitrogen and oxygen atoms in total. The predicted molar refractivity (Wildman–Crippen MR) is 39.4 cm³/mol. The zero-order valence-electron chi connectivity index (χ0n) is 6.17. The van der Waals surface area contributed by atoms with Crippen molar-refractivity contribution >= 4 is 23.9 Å². The van der Waals surface area contributed by atoms with Crippen LogP contribution in [-0.2, 0) is 14.3 Å². The molecule has 1 unspecified atom stereocenters. The second-order valence-corrected chi connectivity index (χ2v) is 3.20. The van der Waals surface area contributed by atoms with Crippen LogP contribution >= 0.6 is 11.6 Å². The number of carbonyl (C=O) groups is 2. The number of halogens is 1. The van der Waals surface area contributed by atoms with E-state index in [-0.39, 0.29) is 5.92 Å². The molecule has 0 radical (unpaired) electrons. The van der Waals surface area contributed by atoms with E-state index in [9.17, 15) is 9.59 Å². The van der Waals surface area contributed by atoms with E-state index in [4.69, 9.17) is 11.6 Å². The maximum Gasteiger partial charge on any atom is 0.327 e. The van der Waals surface area contributed by atoms with E-state index in [0.29, 0.717) is 19.3 Å². The summed E-state index contributed by atoms with van der Waals surface area (Å²) in [5, 5.41) is 0.